The van der Waals surface area contributed by atoms with Crippen molar-refractivity contribution in [2.45, 2.75) is 0 Å². The number of benzene rings is 7. The molecule has 0 unspecified atom stereocenters. The van der Waals surface area contributed by atoms with Gasteiger partial charge < -0.3 is 4.42 Å². The van der Waals surface area contributed by atoms with Crippen LogP contribution < -0.4 is 0 Å². The minimum atomic E-state index is 0.664. The summed E-state index contributed by atoms with van der Waals surface area (Å²) in [6.07, 6.45) is 0. The van der Waals surface area contributed by atoms with Crippen LogP contribution in [0, 0.1) is 0 Å². The molecule has 0 saturated heterocycles. The zero-order valence-corrected chi connectivity index (χ0v) is 26.3. The smallest absolute Gasteiger partial charge is 0.160 e. The summed E-state index contributed by atoms with van der Waals surface area (Å²) >= 11 is 0. The van der Waals surface area contributed by atoms with Gasteiger partial charge in [0.15, 0.2) is 5.82 Å². The number of fused-ring (bicyclic) bond motifs is 8. The van der Waals surface area contributed by atoms with Gasteiger partial charge in [-0.05, 0) is 35.4 Å². The third-order valence-electron chi connectivity index (χ3n) is 9.46. The van der Waals surface area contributed by atoms with Crippen molar-refractivity contribution in [2.24, 2.45) is 0 Å². The van der Waals surface area contributed by atoms with Gasteiger partial charge in [-0.1, -0.05) is 140 Å². The van der Waals surface area contributed by atoms with Crippen LogP contribution in [0.25, 0.3) is 99.5 Å². The van der Waals surface area contributed by atoms with Gasteiger partial charge in [0.05, 0.1) is 22.4 Å². The summed E-state index contributed by atoms with van der Waals surface area (Å²) in [4.78, 5) is 15.7. The standard InChI is InChI=1S/C45H27N3O/c1-3-13-28(14-4-1)29-23-25-31(26-24-29)45-47-38-21-11-8-18-33(38)43(48-45)36-27-35-40(41-34-19-9-12-22-39(34)49-44(36)41)32-17-7-10-20-37(32)46-42(35)30-15-5-2-6-16-30/h1-27H. The molecular weight excluding hydrogens is 599 g/mol. The lowest BCUT2D eigenvalue weighted by atomic mass is 9.92. The number of furan rings is 1. The molecule has 228 valence electrons. The lowest BCUT2D eigenvalue weighted by Crippen LogP contribution is -1.97. The number of para-hydroxylation sites is 3. The molecule has 7 aromatic carbocycles. The molecule has 0 bridgehead atoms. The Morgan fingerprint density at radius 3 is 1.69 bits per heavy atom. The highest BCUT2D eigenvalue weighted by atomic mass is 16.3. The molecule has 3 heterocycles. The molecule has 49 heavy (non-hydrogen) atoms. The van der Waals surface area contributed by atoms with Gasteiger partial charge >= 0.3 is 0 Å². The SMILES string of the molecule is c1ccc(-c2ccc(-c3nc(-c4cc5c(-c6ccccc6)nc6ccccc6c5c5c4oc4ccccc45)c4ccccc4n3)cc2)cc1. The monoisotopic (exact) mass is 625 g/mol. The van der Waals surface area contributed by atoms with Crippen molar-refractivity contribution in [3.8, 4) is 45.0 Å². The lowest BCUT2D eigenvalue weighted by Gasteiger charge is -2.15. The molecule has 0 radical (unpaired) electrons. The van der Waals surface area contributed by atoms with E-state index in [-0.39, 0.29) is 0 Å². The zero-order valence-electron chi connectivity index (χ0n) is 26.3. The Hall–Kier alpha value is -6.65. The van der Waals surface area contributed by atoms with Gasteiger partial charge in [0.1, 0.15) is 11.2 Å². The van der Waals surface area contributed by atoms with Gasteiger partial charge in [0.2, 0.25) is 0 Å². The number of hydrogen-bond acceptors (Lipinski definition) is 4. The summed E-state index contributed by atoms with van der Waals surface area (Å²) in [5.41, 5.74) is 10.5. The second-order valence-corrected chi connectivity index (χ2v) is 12.3. The number of nitrogens with zero attached hydrogens (tertiary/aromatic N) is 3. The van der Waals surface area contributed by atoms with E-state index >= 15 is 0 Å². The van der Waals surface area contributed by atoms with Gasteiger partial charge in [-0.2, -0.15) is 0 Å². The maximum Gasteiger partial charge on any atom is 0.160 e. The third-order valence-corrected chi connectivity index (χ3v) is 9.46. The summed E-state index contributed by atoms with van der Waals surface area (Å²) in [6, 6.07) is 56.5. The van der Waals surface area contributed by atoms with Crippen LogP contribution in [0.5, 0.6) is 0 Å². The van der Waals surface area contributed by atoms with E-state index in [0.29, 0.717) is 5.82 Å². The van der Waals surface area contributed by atoms with Crippen LogP contribution >= 0.6 is 0 Å². The predicted octanol–water partition coefficient (Wildman–Crippen LogP) is 11.9. The van der Waals surface area contributed by atoms with Crippen LogP contribution in [0.1, 0.15) is 0 Å². The van der Waals surface area contributed by atoms with Crippen molar-refractivity contribution in [1.82, 2.24) is 15.0 Å². The Balaban J connectivity index is 1.31. The van der Waals surface area contributed by atoms with E-state index in [9.17, 15) is 0 Å². The molecule has 0 saturated carbocycles. The molecule has 4 nitrogen and oxygen atoms in total. The molecular formula is C45H27N3O. The lowest BCUT2D eigenvalue weighted by molar-refractivity contribution is 0.670. The predicted molar refractivity (Wildman–Crippen MR) is 201 cm³/mol. The molecule has 0 atom stereocenters. The summed E-state index contributed by atoms with van der Waals surface area (Å²) < 4.78 is 6.82. The molecule has 0 N–H and O–H groups in total. The van der Waals surface area contributed by atoms with Gasteiger partial charge in [-0.3, -0.25) is 0 Å². The number of aromatic nitrogens is 3. The van der Waals surface area contributed by atoms with Crippen LogP contribution in [0.3, 0.4) is 0 Å². The van der Waals surface area contributed by atoms with Crippen LogP contribution in [0.15, 0.2) is 168 Å². The molecule has 0 aliphatic carbocycles. The van der Waals surface area contributed by atoms with E-state index in [1.54, 1.807) is 0 Å². The number of rotatable bonds is 4. The second kappa shape index (κ2) is 11.0. The van der Waals surface area contributed by atoms with E-state index in [0.717, 1.165) is 88.2 Å². The fourth-order valence-electron chi connectivity index (χ4n) is 7.18. The third kappa shape index (κ3) is 4.42. The maximum absolute atomic E-state index is 6.82. The van der Waals surface area contributed by atoms with Gasteiger partial charge in [0.25, 0.3) is 0 Å². The number of pyridine rings is 1. The summed E-state index contributed by atoms with van der Waals surface area (Å²) in [5.74, 6) is 0.664. The minimum absolute atomic E-state index is 0.664. The first-order valence-electron chi connectivity index (χ1n) is 16.5. The molecule has 10 rings (SSSR count). The van der Waals surface area contributed by atoms with Gasteiger partial charge in [0, 0.05) is 49.0 Å². The highest BCUT2D eigenvalue weighted by molar-refractivity contribution is 6.31. The van der Waals surface area contributed by atoms with Crippen LogP contribution in [-0.2, 0) is 0 Å². The zero-order chi connectivity index (χ0) is 32.3. The Kier molecular flexibility index (Phi) is 6.15. The summed E-state index contributed by atoms with van der Waals surface area (Å²) in [7, 11) is 0. The van der Waals surface area contributed by atoms with Crippen molar-refractivity contribution in [3.63, 3.8) is 0 Å². The maximum atomic E-state index is 6.82. The molecule has 0 spiro atoms. The Morgan fingerprint density at radius 1 is 0.367 bits per heavy atom. The van der Waals surface area contributed by atoms with Crippen LogP contribution in [0.4, 0.5) is 0 Å². The first-order valence-corrected chi connectivity index (χ1v) is 16.5. The average molecular weight is 626 g/mol. The summed E-state index contributed by atoms with van der Waals surface area (Å²) in [6.45, 7) is 0. The average Bonchev–Trinajstić information content (AvgIpc) is 3.57. The molecule has 10 aromatic rings. The molecule has 3 aromatic heterocycles. The second-order valence-electron chi connectivity index (χ2n) is 12.3. The van der Waals surface area contributed by atoms with Crippen molar-refractivity contribution in [1.29, 1.82) is 0 Å². The van der Waals surface area contributed by atoms with E-state index in [4.69, 9.17) is 19.4 Å². The van der Waals surface area contributed by atoms with Crippen LogP contribution in [0.2, 0.25) is 0 Å². The van der Waals surface area contributed by atoms with E-state index in [1.165, 1.54) is 5.56 Å². The Labute approximate surface area is 282 Å². The first-order chi connectivity index (χ1) is 24.3. The van der Waals surface area contributed by atoms with E-state index < -0.39 is 0 Å². The quantitative estimate of drug-likeness (QED) is 0.183. The van der Waals surface area contributed by atoms with E-state index in [2.05, 4.69) is 127 Å². The minimum Gasteiger partial charge on any atom is -0.455 e. The fraction of sp³-hybridized carbons (Fsp3) is 0. The van der Waals surface area contributed by atoms with Crippen molar-refractivity contribution < 1.29 is 4.42 Å². The fourth-order valence-corrected chi connectivity index (χ4v) is 7.18. The Morgan fingerprint density at radius 2 is 0.939 bits per heavy atom. The molecule has 0 amide bonds. The molecule has 0 fully saturated rings. The largest absolute Gasteiger partial charge is 0.455 e. The number of hydrogen-bond donors (Lipinski definition) is 0. The molecule has 4 heteroatoms. The Bertz CT molecular complexity index is 2860. The molecule has 0 aliphatic rings. The van der Waals surface area contributed by atoms with Crippen molar-refractivity contribution in [3.05, 3.63) is 164 Å². The van der Waals surface area contributed by atoms with Gasteiger partial charge in [-0.25, -0.2) is 15.0 Å². The first kappa shape index (κ1) is 27.5. The van der Waals surface area contributed by atoms with Crippen molar-refractivity contribution >= 4 is 54.5 Å². The van der Waals surface area contributed by atoms with Crippen LogP contribution in [-0.4, -0.2) is 15.0 Å². The summed E-state index contributed by atoms with van der Waals surface area (Å²) in [5, 5.41) is 6.36. The topological polar surface area (TPSA) is 51.8 Å². The van der Waals surface area contributed by atoms with Gasteiger partial charge in [-0.15, -0.1) is 0 Å². The van der Waals surface area contributed by atoms with E-state index in [1.807, 2.05) is 36.4 Å². The highest BCUT2D eigenvalue weighted by Crippen LogP contribution is 2.46. The van der Waals surface area contributed by atoms with Crippen molar-refractivity contribution in [2.75, 3.05) is 0 Å². The molecule has 0 aliphatic heterocycles. The highest BCUT2D eigenvalue weighted by Gasteiger charge is 2.23. The normalized spacial score (nSPS) is 11.7.